The van der Waals surface area contributed by atoms with E-state index in [2.05, 4.69) is 19.9 Å². The van der Waals surface area contributed by atoms with Gasteiger partial charge in [-0.1, -0.05) is 0 Å². The van der Waals surface area contributed by atoms with Crippen molar-refractivity contribution in [3.63, 3.8) is 0 Å². The zero-order valence-corrected chi connectivity index (χ0v) is 9.44. The van der Waals surface area contributed by atoms with Gasteiger partial charge in [0.15, 0.2) is 0 Å². The fourth-order valence-corrected chi connectivity index (χ4v) is 1.56. The molecule has 3 N–H and O–H groups in total. The lowest BCUT2D eigenvalue weighted by Gasteiger charge is -2.01. The molecule has 84 valence electrons. The molecule has 0 bridgehead atoms. The Bertz CT molecular complexity index is 475. The van der Waals surface area contributed by atoms with Gasteiger partial charge in [0.25, 0.3) is 0 Å². The Kier molecular flexibility index (Phi) is 2.96. The summed E-state index contributed by atoms with van der Waals surface area (Å²) in [6.07, 6.45) is 5.86. The number of rotatable bonds is 3. The molecule has 0 radical (unpaired) electrons. The summed E-state index contributed by atoms with van der Waals surface area (Å²) >= 11 is 0. The van der Waals surface area contributed by atoms with E-state index in [0.717, 1.165) is 29.3 Å². The predicted molar refractivity (Wildman–Crippen MR) is 61.7 cm³/mol. The van der Waals surface area contributed by atoms with Crippen LogP contribution in [-0.2, 0) is 6.42 Å². The highest BCUT2D eigenvalue weighted by Crippen LogP contribution is 2.16. The van der Waals surface area contributed by atoms with Crippen LogP contribution in [0.4, 0.5) is 0 Å². The van der Waals surface area contributed by atoms with Crippen LogP contribution in [0.3, 0.4) is 0 Å². The van der Waals surface area contributed by atoms with Gasteiger partial charge in [-0.05, 0) is 13.8 Å². The second kappa shape index (κ2) is 4.40. The molecular formula is C11H15N5. The van der Waals surface area contributed by atoms with Crippen LogP contribution < -0.4 is 5.73 Å². The minimum atomic E-state index is 0.0990. The van der Waals surface area contributed by atoms with Crippen molar-refractivity contribution in [1.29, 1.82) is 0 Å². The van der Waals surface area contributed by atoms with E-state index in [-0.39, 0.29) is 6.04 Å². The highest BCUT2D eigenvalue weighted by Gasteiger charge is 2.08. The van der Waals surface area contributed by atoms with Crippen LogP contribution in [0.2, 0.25) is 0 Å². The third-order valence-corrected chi connectivity index (χ3v) is 2.28. The molecule has 0 aliphatic carbocycles. The summed E-state index contributed by atoms with van der Waals surface area (Å²) in [4.78, 5) is 15.9. The van der Waals surface area contributed by atoms with Crippen LogP contribution in [0.25, 0.3) is 11.4 Å². The first-order valence-corrected chi connectivity index (χ1v) is 5.24. The zero-order valence-electron chi connectivity index (χ0n) is 9.44. The predicted octanol–water partition coefficient (Wildman–Crippen LogP) is 1.06. The summed E-state index contributed by atoms with van der Waals surface area (Å²) in [5.74, 6) is 0.884. The number of nitrogens with one attached hydrogen (secondary N) is 1. The molecule has 2 aromatic heterocycles. The van der Waals surface area contributed by atoms with Gasteiger partial charge in [-0.15, -0.1) is 0 Å². The maximum Gasteiger partial charge on any atom is 0.109 e. The van der Waals surface area contributed by atoms with E-state index in [1.54, 1.807) is 18.6 Å². The molecule has 0 saturated heterocycles. The number of imidazole rings is 1. The molecule has 5 nitrogen and oxygen atoms in total. The van der Waals surface area contributed by atoms with Crippen molar-refractivity contribution in [1.82, 2.24) is 19.9 Å². The van der Waals surface area contributed by atoms with Crippen LogP contribution >= 0.6 is 0 Å². The van der Waals surface area contributed by atoms with Gasteiger partial charge in [0.1, 0.15) is 11.5 Å². The monoisotopic (exact) mass is 217 g/mol. The van der Waals surface area contributed by atoms with Crippen molar-refractivity contribution in [2.45, 2.75) is 26.3 Å². The van der Waals surface area contributed by atoms with Gasteiger partial charge >= 0.3 is 0 Å². The molecular weight excluding hydrogens is 202 g/mol. The summed E-state index contributed by atoms with van der Waals surface area (Å²) < 4.78 is 0. The van der Waals surface area contributed by atoms with Gasteiger partial charge in [-0.2, -0.15) is 0 Å². The summed E-state index contributed by atoms with van der Waals surface area (Å²) in [5, 5.41) is 0. The van der Waals surface area contributed by atoms with E-state index in [0.29, 0.717) is 0 Å². The standard InChI is InChI=1S/C11H15N5/c1-7(12)5-10-15-6-9(16-10)11-8(2)13-3-4-14-11/h3-4,6-7H,5,12H2,1-2H3,(H,15,16). The molecule has 1 atom stereocenters. The number of H-pyrrole nitrogens is 1. The van der Waals surface area contributed by atoms with Crippen LogP contribution in [0.5, 0.6) is 0 Å². The minimum Gasteiger partial charge on any atom is -0.341 e. The van der Waals surface area contributed by atoms with E-state index in [1.165, 1.54) is 0 Å². The van der Waals surface area contributed by atoms with E-state index < -0.39 is 0 Å². The maximum atomic E-state index is 5.71. The van der Waals surface area contributed by atoms with Crippen LogP contribution in [0, 0.1) is 6.92 Å². The second-order valence-electron chi connectivity index (χ2n) is 3.92. The Morgan fingerprint density at radius 1 is 1.31 bits per heavy atom. The average Bonchev–Trinajstić information content (AvgIpc) is 2.66. The molecule has 0 amide bonds. The smallest absolute Gasteiger partial charge is 0.109 e. The van der Waals surface area contributed by atoms with Crippen LogP contribution in [0.1, 0.15) is 18.4 Å². The molecule has 0 fully saturated rings. The number of hydrogen-bond donors (Lipinski definition) is 2. The number of aryl methyl sites for hydroxylation is 1. The van der Waals surface area contributed by atoms with Gasteiger partial charge in [0, 0.05) is 24.9 Å². The SMILES string of the molecule is Cc1nccnc1-c1cnc(CC(C)N)[nH]1. The van der Waals surface area contributed by atoms with Crippen molar-refractivity contribution in [2.75, 3.05) is 0 Å². The molecule has 0 aliphatic heterocycles. The third kappa shape index (κ3) is 2.25. The Labute approximate surface area is 94.2 Å². The van der Waals surface area contributed by atoms with Crippen molar-refractivity contribution in [2.24, 2.45) is 5.73 Å². The Balaban J connectivity index is 2.28. The highest BCUT2D eigenvalue weighted by atomic mass is 14.9. The topological polar surface area (TPSA) is 80.5 Å². The van der Waals surface area contributed by atoms with Crippen LogP contribution in [-0.4, -0.2) is 26.0 Å². The van der Waals surface area contributed by atoms with Gasteiger partial charge in [-0.25, -0.2) is 4.98 Å². The van der Waals surface area contributed by atoms with Crippen molar-refractivity contribution in [3.8, 4) is 11.4 Å². The lowest BCUT2D eigenvalue weighted by atomic mass is 10.2. The van der Waals surface area contributed by atoms with Gasteiger partial charge in [-0.3, -0.25) is 9.97 Å². The van der Waals surface area contributed by atoms with Crippen molar-refractivity contribution >= 4 is 0 Å². The Morgan fingerprint density at radius 3 is 2.75 bits per heavy atom. The molecule has 0 aliphatic rings. The van der Waals surface area contributed by atoms with Gasteiger partial charge in [0.2, 0.25) is 0 Å². The second-order valence-corrected chi connectivity index (χ2v) is 3.92. The molecule has 0 spiro atoms. The lowest BCUT2D eigenvalue weighted by molar-refractivity contribution is 0.710. The number of aromatic nitrogens is 4. The van der Waals surface area contributed by atoms with E-state index >= 15 is 0 Å². The first kappa shape index (κ1) is 10.8. The molecule has 2 rings (SSSR count). The van der Waals surface area contributed by atoms with E-state index in [1.807, 2.05) is 13.8 Å². The summed E-state index contributed by atoms with van der Waals surface area (Å²) in [6.45, 7) is 3.88. The van der Waals surface area contributed by atoms with E-state index in [4.69, 9.17) is 5.73 Å². The molecule has 16 heavy (non-hydrogen) atoms. The largest absolute Gasteiger partial charge is 0.341 e. The lowest BCUT2D eigenvalue weighted by Crippen LogP contribution is -2.18. The van der Waals surface area contributed by atoms with Gasteiger partial charge < -0.3 is 10.7 Å². The molecule has 1 unspecified atom stereocenters. The fourth-order valence-electron chi connectivity index (χ4n) is 1.56. The highest BCUT2D eigenvalue weighted by molar-refractivity contribution is 5.55. The molecule has 0 saturated carbocycles. The third-order valence-electron chi connectivity index (χ3n) is 2.28. The summed E-state index contributed by atoms with van der Waals surface area (Å²) in [7, 11) is 0. The summed E-state index contributed by atoms with van der Waals surface area (Å²) in [5.41, 5.74) is 8.33. The number of aromatic amines is 1. The van der Waals surface area contributed by atoms with Crippen molar-refractivity contribution in [3.05, 3.63) is 30.1 Å². The first-order chi connectivity index (χ1) is 7.66. The fraction of sp³-hybridized carbons (Fsp3) is 0.364. The normalized spacial score (nSPS) is 12.7. The number of nitrogens with two attached hydrogens (primary N) is 1. The minimum absolute atomic E-state index is 0.0990. The average molecular weight is 217 g/mol. The quantitative estimate of drug-likeness (QED) is 0.805. The Morgan fingerprint density at radius 2 is 2.06 bits per heavy atom. The zero-order chi connectivity index (χ0) is 11.5. The molecule has 2 aromatic rings. The maximum absolute atomic E-state index is 5.71. The number of nitrogens with zero attached hydrogens (tertiary/aromatic N) is 3. The van der Waals surface area contributed by atoms with E-state index in [9.17, 15) is 0 Å². The number of hydrogen-bond acceptors (Lipinski definition) is 4. The molecule has 0 aromatic carbocycles. The van der Waals surface area contributed by atoms with Gasteiger partial charge in [0.05, 0.1) is 17.6 Å². The van der Waals surface area contributed by atoms with Crippen LogP contribution in [0.15, 0.2) is 18.6 Å². The molecule has 5 heteroatoms. The van der Waals surface area contributed by atoms with Crippen molar-refractivity contribution < 1.29 is 0 Å². The Hall–Kier alpha value is -1.75. The first-order valence-electron chi connectivity index (χ1n) is 5.24. The summed E-state index contributed by atoms with van der Waals surface area (Å²) in [6, 6.07) is 0.0990. The molecule has 2 heterocycles.